The highest BCUT2D eigenvalue weighted by atomic mass is 16.4. The minimum atomic E-state index is -0.958. The van der Waals surface area contributed by atoms with Crippen LogP contribution in [0.2, 0.25) is 0 Å². The average Bonchev–Trinajstić information content (AvgIpc) is 1.99. The first-order valence-electron chi connectivity index (χ1n) is 5.35. The van der Waals surface area contributed by atoms with Crippen molar-refractivity contribution >= 4 is 11.9 Å². The van der Waals surface area contributed by atoms with E-state index in [0.29, 0.717) is 12.8 Å². The van der Waals surface area contributed by atoms with Crippen LogP contribution in [0.15, 0.2) is 0 Å². The van der Waals surface area contributed by atoms with Crippen LogP contribution in [0.5, 0.6) is 0 Å². The molecule has 0 heterocycles. The maximum absolute atomic E-state index is 11.4. The molecule has 1 atom stereocenters. The highest BCUT2D eigenvalue weighted by Gasteiger charge is 2.20. The van der Waals surface area contributed by atoms with Crippen molar-refractivity contribution in [2.45, 2.75) is 46.6 Å². The Hall–Kier alpha value is -1.06. The van der Waals surface area contributed by atoms with E-state index in [1.165, 1.54) is 0 Å². The quantitative estimate of drug-likeness (QED) is 0.708. The van der Waals surface area contributed by atoms with Crippen molar-refractivity contribution in [1.29, 1.82) is 0 Å². The smallest absolute Gasteiger partial charge is 0.326 e. The van der Waals surface area contributed by atoms with Gasteiger partial charge in [-0.15, -0.1) is 0 Å². The zero-order valence-corrected chi connectivity index (χ0v) is 9.91. The van der Waals surface area contributed by atoms with Crippen LogP contribution in [0.25, 0.3) is 0 Å². The Morgan fingerprint density at radius 2 is 1.67 bits per heavy atom. The fourth-order valence-corrected chi connectivity index (χ4v) is 1.32. The van der Waals surface area contributed by atoms with Gasteiger partial charge in [-0.05, 0) is 18.3 Å². The lowest BCUT2D eigenvalue weighted by Crippen LogP contribution is -2.41. The second-order valence-electron chi connectivity index (χ2n) is 4.69. The second kappa shape index (κ2) is 6.43. The van der Waals surface area contributed by atoms with Gasteiger partial charge in [0.25, 0.3) is 0 Å². The third-order valence-corrected chi connectivity index (χ3v) is 1.93. The third-order valence-electron chi connectivity index (χ3n) is 1.93. The molecule has 0 aliphatic rings. The Labute approximate surface area is 91.1 Å². The summed E-state index contributed by atoms with van der Waals surface area (Å²) in [7, 11) is 0. The van der Waals surface area contributed by atoms with Crippen LogP contribution in [0.3, 0.4) is 0 Å². The van der Waals surface area contributed by atoms with Crippen LogP contribution >= 0.6 is 0 Å². The van der Waals surface area contributed by atoms with E-state index in [1.54, 1.807) is 0 Å². The van der Waals surface area contributed by atoms with Crippen molar-refractivity contribution in [3.63, 3.8) is 0 Å². The molecule has 88 valence electrons. The van der Waals surface area contributed by atoms with Gasteiger partial charge in [0.05, 0.1) is 0 Å². The Bertz CT molecular complexity index is 224. The lowest BCUT2D eigenvalue weighted by molar-refractivity contribution is -0.142. The SMILES string of the molecule is CC(C)CC(=O)NC(CC(C)C)C(=O)O. The number of carbonyl (C=O) groups excluding carboxylic acids is 1. The molecule has 0 aliphatic carbocycles. The van der Waals surface area contributed by atoms with Crippen LogP contribution in [0, 0.1) is 11.8 Å². The van der Waals surface area contributed by atoms with Gasteiger partial charge < -0.3 is 10.4 Å². The number of hydrogen-bond donors (Lipinski definition) is 2. The summed E-state index contributed by atoms with van der Waals surface area (Å²) in [5, 5.41) is 11.4. The molecule has 0 aromatic rings. The summed E-state index contributed by atoms with van der Waals surface area (Å²) >= 11 is 0. The van der Waals surface area contributed by atoms with Crippen LogP contribution in [0.4, 0.5) is 0 Å². The van der Waals surface area contributed by atoms with Crippen molar-refractivity contribution in [3.05, 3.63) is 0 Å². The normalized spacial score (nSPS) is 12.9. The lowest BCUT2D eigenvalue weighted by atomic mass is 10.0. The molecular formula is C11H21NO3. The van der Waals surface area contributed by atoms with E-state index >= 15 is 0 Å². The molecule has 0 fully saturated rings. The largest absolute Gasteiger partial charge is 0.480 e. The van der Waals surface area contributed by atoms with E-state index in [-0.39, 0.29) is 17.7 Å². The fourth-order valence-electron chi connectivity index (χ4n) is 1.32. The van der Waals surface area contributed by atoms with Gasteiger partial charge in [-0.2, -0.15) is 0 Å². The summed E-state index contributed by atoms with van der Waals surface area (Å²) in [6.45, 7) is 7.73. The average molecular weight is 215 g/mol. The van der Waals surface area contributed by atoms with E-state index in [4.69, 9.17) is 5.11 Å². The number of carboxylic acids is 1. The molecule has 0 saturated carbocycles. The first kappa shape index (κ1) is 13.9. The van der Waals surface area contributed by atoms with Crippen LogP contribution in [0.1, 0.15) is 40.5 Å². The summed E-state index contributed by atoms with van der Waals surface area (Å²) in [4.78, 5) is 22.2. The van der Waals surface area contributed by atoms with Gasteiger partial charge >= 0.3 is 5.97 Å². The van der Waals surface area contributed by atoms with Crippen molar-refractivity contribution in [1.82, 2.24) is 5.32 Å². The minimum absolute atomic E-state index is 0.182. The van der Waals surface area contributed by atoms with Gasteiger partial charge in [0, 0.05) is 6.42 Å². The molecular weight excluding hydrogens is 194 g/mol. The van der Waals surface area contributed by atoms with Crippen molar-refractivity contribution in [3.8, 4) is 0 Å². The van der Waals surface area contributed by atoms with Gasteiger partial charge in [0.15, 0.2) is 0 Å². The highest BCUT2D eigenvalue weighted by Crippen LogP contribution is 2.06. The number of carbonyl (C=O) groups is 2. The van der Waals surface area contributed by atoms with Gasteiger partial charge in [-0.25, -0.2) is 4.79 Å². The predicted octanol–water partition coefficient (Wildman–Crippen LogP) is 1.65. The Morgan fingerprint density at radius 1 is 1.13 bits per heavy atom. The van der Waals surface area contributed by atoms with Crippen LogP contribution in [-0.4, -0.2) is 23.0 Å². The van der Waals surface area contributed by atoms with Crippen LogP contribution < -0.4 is 5.32 Å². The lowest BCUT2D eigenvalue weighted by Gasteiger charge is -2.17. The van der Waals surface area contributed by atoms with Gasteiger partial charge in [0.2, 0.25) is 5.91 Å². The Morgan fingerprint density at radius 3 is 2.00 bits per heavy atom. The summed E-state index contributed by atoms with van der Waals surface area (Å²) in [5.74, 6) is -0.636. The fraction of sp³-hybridized carbons (Fsp3) is 0.818. The summed E-state index contributed by atoms with van der Waals surface area (Å²) in [5.41, 5.74) is 0. The highest BCUT2D eigenvalue weighted by molar-refractivity contribution is 5.83. The van der Waals surface area contributed by atoms with E-state index in [9.17, 15) is 9.59 Å². The summed E-state index contributed by atoms with van der Waals surface area (Å²) in [6, 6.07) is -0.753. The monoisotopic (exact) mass is 215 g/mol. The molecule has 0 bridgehead atoms. The minimum Gasteiger partial charge on any atom is -0.480 e. The zero-order valence-electron chi connectivity index (χ0n) is 9.91. The number of aliphatic carboxylic acids is 1. The third kappa shape index (κ3) is 6.94. The Kier molecular flexibility index (Phi) is 5.97. The van der Waals surface area contributed by atoms with E-state index < -0.39 is 12.0 Å². The van der Waals surface area contributed by atoms with Crippen LogP contribution in [-0.2, 0) is 9.59 Å². The van der Waals surface area contributed by atoms with Gasteiger partial charge in [-0.3, -0.25) is 4.79 Å². The predicted molar refractivity (Wildman–Crippen MR) is 58.5 cm³/mol. The molecule has 0 spiro atoms. The van der Waals surface area contributed by atoms with E-state index in [0.717, 1.165) is 0 Å². The number of amides is 1. The number of hydrogen-bond acceptors (Lipinski definition) is 2. The van der Waals surface area contributed by atoms with E-state index in [2.05, 4.69) is 5.32 Å². The number of rotatable bonds is 6. The molecule has 0 aromatic heterocycles. The topological polar surface area (TPSA) is 66.4 Å². The maximum atomic E-state index is 11.4. The first-order chi connectivity index (χ1) is 6.82. The van der Waals surface area contributed by atoms with Crippen molar-refractivity contribution in [2.24, 2.45) is 11.8 Å². The van der Waals surface area contributed by atoms with Gasteiger partial charge in [0.1, 0.15) is 6.04 Å². The Balaban J connectivity index is 4.16. The molecule has 15 heavy (non-hydrogen) atoms. The molecule has 0 rings (SSSR count). The first-order valence-corrected chi connectivity index (χ1v) is 5.35. The number of carboxylic acid groups (broad SMARTS) is 1. The molecule has 4 nitrogen and oxygen atoms in total. The molecule has 0 radical (unpaired) electrons. The van der Waals surface area contributed by atoms with Crippen molar-refractivity contribution < 1.29 is 14.7 Å². The summed E-state index contributed by atoms with van der Waals surface area (Å²) < 4.78 is 0. The molecule has 4 heteroatoms. The molecule has 2 N–H and O–H groups in total. The number of nitrogens with one attached hydrogen (secondary N) is 1. The summed E-state index contributed by atoms with van der Waals surface area (Å²) in [6.07, 6.45) is 0.848. The van der Waals surface area contributed by atoms with Gasteiger partial charge in [-0.1, -0.05) is 27.7 Å². The molecule has 0 aliphatic heterocycles. The maximum Gasteiger partial charge on any atom is 0.326 e. The second-order valence-corrected chi connectivity index (χ2v) is 4.69. The zero-order chi connectivity index (χ0) is 12.0. The molecule has 0 saturated heterocycles. The van der Waals surface area contributed by atoms with E-state index in [1.807, 2.05) is 27.7 Å². The standard InChI is InChI=1S/C11H21NO3/c1-7(2)5-9(11(14)15)12-10(13)6-8(3)4/h7-9H,5-6H2,1-4H3,(H,12,13)(H,14,15). The molecule has 0 aromatic carbocycles. The molecule has 1 amide bonds. The van der Waals surface area contributed by atoms with Crippen molar-refractivity contribution in [2.75, 3.05) is 0 Å². The molecule has 1 unspecified atom stereocenters.